The Kier molecular flexibility index (Phi) is 8.56. The normalized spacial score (nSPS) is 10.8. The third kappa shape index (κ3) is 6.41. The fraction of sp³-hybridized carbons (Fsp3) is 0.292. The summed E-state index contributed by atoms with van der Waals surface area (Å²) in [5, 5.41) is 0. The van der Waals surface area contributed by atoms with Crippen molar-refractivity contribution < 1.29 is 14.3 Å². The van der Waals surface area contributed by atoms with Gasteiger partial charge in [-0.25, -0.2) is 4.79 Å². The van der Waals surface area contributed by atoms with Gasteiger partial charge in [-0.1, -0.05) is 60.7 Å². The molecule has 0 unspecified atom stereocenters. The first-order chi connectivity index (χ1) is 16.0. The number of anilines is 2. The van der Waals surface area contributed by atoms with Gasteiger partial charge in [0.05, 0.1) is 13.2 Å². The number of aromatic nitrogens is 2. The van der Waals surface area contributed by atoms with Crippen LogP contribution in [-0.2, 0) is 27.4 Å². The van der Waals surface area contributed by atoms with E-state index in [4.69, 9.17) is 15.2 Å². The van der Waals surface area contributed by atoms with Crippen LogP contribution in [0.15, 0.2) is 70.3 Å². The van der Waals surface area contributed by atoms with Crippen LogP contribution >= 0.6 is 0 Å². The van der Waals surface area contributed by atoms with E-state index in [1.165, 1.54) is 9.47 Å². The van der Waals surface area contributed by atoms with Crippen LogP contribution in [0.3, 0.4) is 0 Å². The van der Waals surface area contributed by atoms with Crippen LogP contribution in [0.5, 0.6) is 0 Å². The van der Waals surface area contributed by atoms with Gasteiger partial charge in [0.15, 0.2) is 5.69 Å². The van der Waals surface area contributed by atoms with E-state index in [2.05, 4.69) is 4.98 Å². The molecule has 1 heterocycles. The van der Waals surface area contributed by atoms with Gasteiger partial charge in [-0.05, 0) is 17.5 Å². The van der Waals surface area contributed by atoms with Crippen molar-refractivity contribution in [1.82, 2.24) is 9.55 Å². The molecule has 0 fully saturated rings. The molecule has 3 aromatic rings. The summed E-state index contributed by atoms with van der Waals surface area (Å²) in [7, 11) is 1.55. The van der Waals surface area contributed by atoms with E-state index < -0.39 is 17.2 Å². The molecule has 0 aliphatic carbocycles. The molecule has 9 nitrogen and oxygen atoms in total. The van der Waals surface area contributed by atoms with Gasteiger partial charge in [0.2, 0.25) is 0 Å². The Morgan fingerprint density at radius 2 is 1.67 bits per heavy atom. The van der Waals surface area contributed by atoms with Gasteiger partial charge in [0.1, 0.15) is 12.4 Å². The van der Waals surface area contributed by atoms with Crippen molar-refractivity contribution in [2.45, 2.75) is 19.6 Å². The van der Waals surface area contributed by atoms with Crippen molar-refractivity contribution in [1.29, 1.82) is 0 Å². The summed E-state index contributed by atoms with van der Waals surface area (Å²) in [4.78, 5) is 41.8. The molecule has 0 aliphatic heterocycles. The Morgan fingerprint density at radius 3 is 2.30 bits per heavy atom. The number of methoxy groups -OCH3 is 1. The molecule has 3 N–H and O–H groups in total. The molecule has 0 spiro atoms. The third-order valence-electron chi connectivity index (χ3n) is 5.04. The lowest BCUT2D eigenvalue weighted by molar-refractivity contribution is -0.123. The maximum Gasteiger partial charge on any atom is 0.330 e. The highest BCUT2D eigenvalue weighted by atomic mass is 16.5. The lowest BCUT2D eigenvalue weighted by Gasteiger charge is -2.24. The van der Waals surface area contributed by atoms with Crippen LogP contribution < -0.4 is 21.9 Å². The van der Waals surface area contributed by atoms with Crippen molar-refractivity contribution in [3.8, 4) is 0 Å². The summed E-state index contributed by atoms with van der Waals surface area (Å²) in [5.41, 5.74) is 6.58. The zero-order chi connectivity index (χ0) is 23.6. The maximum atomic E-state index is 13.1. The fourth-order valence-electron chi connectivity index (χ4n) is 3.40. The van der Waals surface area contributed by atoms with Crippen LogP contribution in [0, 0.1) is 0 Å². The average Bonchev–Trinajstić information content (AvgIpc) is 2.82. The number of hydrogen-bond donors (Lipinski definition) is 2. The largest absolute Gasteiger partial charge is 0.385 e. The molecule has 33 heavy (non-hydrogen) atoms. The Bertz CT molecular complexity index is 1160. The summed E-state index contributed by atoms with van der Waals surface area (Å²) in [6.45, 7) is 0.713. The number of carbonyl (C=O) groups is 1. The molecule has 9 heteroatoms. The second-order valence-corrected chi connectivity index (χ2v) is 7.43. The molecular formula is C24H28N4O5. The summed E-state index contributed by atoms with van der Waals surface area (Å²) in [6, 6.07) is 18.7. The van der Waals surface area contributed by atoms with Gasteiger partial charge in [0.25, 0.3) is 11.5 Å². The second kappa shape index (κ2) is 11.8. The molecule has 0 bridgehead atoms. The van der Waals surface area contributed by atoms with Gasteiger partial charge in [-0.2, -0.15) is 0 Å². The molecule has 0 radical (unpaired) electrons. The summed E-state index contributed by atoms with van der Waals surface area (Å²) >= 11 is 0. The van der Waals surface area contributed by atoms with Gasteiger partial charge in [0, 0.05) is 20.3 Å². The van der Waals surface area contributed by atoms with Crippen molar-refractivity contribution in [3.05, 3.63) is 92.6 Å². The Hall–Kier alpha value is -3.69. The van der Waals surface area contributed by atoms with Gasteiger partial charge in [-0.15, -0.1) is 0 Å². The highest BCUT2D eigenvalue weighted by Crippen LogP contribution is 2.19. The summed E-state index contributed by atoms with van der Waals surface area (Å²) < 4.78 is 11.9. The quantitative estimate of drug-likeness (QED) is 0.428. The summed E-state index contributed by atoms with van der Waals surface area (Å²) in [6.07, 6.45) is 0.470. The van der Waals surface area contributed by atoms with Crippen LogP contribution in [0.4, 0.5) is 11.5 Å². The van der Waals surface area contributed by atoms with E-state index >= 15 is 0 Å². The lowest BCUT2D eigenvalue weighted by atomic mass is 10.2. The zero-order valence-electron chi connectivity index (χ0n) is 18.5. The zero-order valence-corrected chi connectivity index (χ0v) is 18.5. The van der Waals surface area contributed by atoms with Crippen molar-refractivity contribution in [3.63, 3.8) is 0 Å². The van der Waals surface area contributed by atoms with E-state index in [-0.39, 0.29) is 37.8 Å². The Balaban J connectivity index is 1.87. The highest BCUT2D eigenvalue weighted by molar-refractivity contribution is 5.96. The van der Waals surface area contributed by atoms with E-state index in [0.717, 1.165) is 11.1 Å². The first-order valence-electron chi connectivity index (χ1n) is 10.6. The molecular weight excluding hydrogens is 424 g/mol. The molecule has 2 aromatic carbocycles. The number of H-pyrrole nitrogens is 1. The molecule has 0 saturated heterocycles. The number of amides is 1. The monoisotopic (exact) mass is 452 g/mol. The number of hydrogen-bond acceptors (Lipinski definition) is 6. The molecule has 1 aromatic heterocycles. The van der Waals surface area contributed by atoms with E-state index in [9.17, 15) is 14.4 Å². The number of aromatic amines is 1. The number of nitrogens with zero attached hydrogens (tertiary/aromatic N) is 2. The third-order valence-corrected chi connectivity index (χ3v) is 5.04. The number of nitrogen functional groups attached to an aromatic ring is 1. The van der Waals surface area contributed by atoms with E-state index in [1.807, 2.05) is 60.7 Å². The smallest absolute Gasteiger partial charge is 0.330 e. The van der Waals surface area contributed by atoms with Gasteiger partial charge in [-0.3, -0.25) is 19.1 Å². The first-order valence-corrected chi connectivity index (χ1v) is 10.6. The summed E-state index contributed by atoms with van der Waals surface area (Å²) in [5.74, 6) is -0.523. The SMILES string of the molecule is COCCCN(C(=O)COCc1ccccc1)c1c(N)n(Cc2ccccc2)c(=O)[nH]c1=O. The molecule has 0 atom stereocenters. The predicted octanol–water partition coefficient (Wildman–Crippen LogP) is 1.75. The lowest BCUT2D eigenvalue weighted by Crippen LogP contribution is -2.43. The van der Waals surface area contributed by atoms with Crippen LogP contribution in [0.2, 0.25) is 0 Å². The van der Waals surface area contributed by atoms with Crippen LogP contribution in [0.1, 0.15) is 17.5 Å². The highest BCUT2D eigenvalue weighted by Gasteiger charge is 2.24. The second-order valence-electron chi connectivity index (χ2n) is 7.43. The minimum Gasteiger partial charge on any atom is -0.385 e. The topological polar surface area (TPSA) is 120 Å². The number of nitrogens with one attached hydrogen (secondary N) is 1. The van der Waals surface area contributed by atoms with Crippen LogP contribution in [-0.4, -0.2) is 42.3 Å². The molecule has 0 saturated carbocycles. The van der Waals surface area contributed by atoms with Gasteiger partial charge < -0.3 is 20.1 Å². The minimum atomic E-state index is -0.726. The minimum absolute atomic E-state index is 0.0741. The Morgan fingerprint density at radius 1 is 1.03 bits per heavy atom. The standard InChI is InChI=1S/C24H28N4O5/c1-32-14-8-13-27(20(29)17-33-16-19-11-6-3-7-12-19)21-22(25)28(24(31)26-23(21)30)15-18-9-4-2-5-10-18/h2-7,9-12H,8,13-17,25H2,1H3,(H,26,30,31). The van der Waals surface area contributed by atoms with E-state index in [0.29, 0.717) is 13.0 Å². The number of carbonyl (C=O) groups excluding carboxylic acids is 1. The number of benzene rings is 2. The molecule has 1 amide bonds. The van der Waals surface area contributed by atoms with Crippen molar-refractivity contribution >= 4 is 17.4 Å². The number of ether oxygens (including phenoxy) is 2. The number of nitrogens with two attached hydrogens (primary N) is 1. The Labute approximate surface area is 191 Å². The van der Waals surface area contributed by atoms with E-state index in [1.54, 1.807) is 7.11 Å². The average molecular weight is 453 g/mol. The van der Waals surface area contributed by atoms with Crippen LogP contribution in [0.25, 0.3) is 0 Å². The number of rotatable bonds is 11. The molecule has 3 rings (SSSR count). The first kappa shape index (κ1) is 24.0. The van der Waals surface area contributed by atoms with Crippen molar-refractivity contribution in [2.75, 3.05) is 37.5 Å². The molecule has 0 aliphatic rings. The molecule has 174 valence electrons. The fourth-order valence-corrected chi connectivity index (χ4v) is 3.40. The predicted molar refractivity (Wildman–Crippen MR) is 126 cm³/mol. The maximum absolute atomic E-state index is 13.1. The van der Waals surface area contributed by atoms with Crippen molar-refractivity contribution in [2.24, 2.45) is 0 Å². The van der Waals surface area contributed by atoms with Gasteiger partial charge >= 0.3 is 5.69 Å².